The number of thioether (sulfide) groups is 1. The number of nitrogens with one attached hydrogen (secondary N) is 1. The van der Waals surface area contributed by atoms with Gasteiger partial charge in [-0.1, -0.05) is 30.0 Å². The molecule has 0 amide bonds. The Hall–Kier alpha value is -3.13. The number of aromatic nitrogens is 2. The van der Waals surface area contributed by atoms with Crippen LogP contribution in [0.15, 0.2) is 53.6 Å². The zero-order chi connectivity index (χ0) is 18.5. The summed E-state index contributed by atoms with van der Waals surface area (Å²) >= 11 is 1.14. The third-order valence-electron chi connectivity index (χ3n) is 3.46. The number of fused-ring (bicyclic) bond motifs is 1. The molecule has 2 aromatic carbocycles. The number of nitrogens with zero attached hydrogens (tertiary/aromatic N) is 2. The van der Waals surface area contributed by atoms with Crippen molar-refractivity contribution >= 4 is 46.2 Å². The predicted molar refractivity (Wildman–Crippen MR) is 99.0 cm³/mol. The fourth-order valence-electron chi connectivity index (χ4n) is 2.28. The van der Waals surface area contributed by atoms with Crippen LogP contribution in [0.4, 0.5) is 11.6 Å². The van der Waals surface area contributed by atoms with Crippen molar-refractivity contribution in [2.75, 3.05) is 18.2 Å². The fourth-order valence-corrected chi connectivity index (χ4v) is 3.02. The van der Waals surface area contributed by atoms with E-state index in [1.165, 1.54) is 7.11 Å². The van der Waals surface area contributed by atoms with Gasteiger partial charge in [0, 0.05) is 11.1 Å². The summed E-state index contributed by atoms with van der Waals surface area (Å²) in [4.78, 5) is 31.2. The first-order chi connectivity index (χ1) is 12.6. The number of aliphatic carboxylic acids is 1. The van der Waals surface area contributed by atoms with Crippen LogP contribution in [0.25, 0.3) is 10.9 Å². The fraction of sp³-hybridized carbons (Fsp3) is 0.111. The number of rotatable bonds is 6. The maximum absolute atomic E-state index is 11.5. The number of anilines is 2. The molecule has 0 aliphatic rings. The zero-order valence-corrected chi connectivity index (χ0v) is 14.6. The maximum Gasteiger partial charge on any atom is 0.337 e. The second kappa shape index (κ2) is 7.83. The minimum atomic E-state index is -0.911. The lowest BCUT2D eigenvalue weighted by molar-refractivity contribution is -0.133. The minimum absolute atomic E-state index is 0.0890. The second-order valence-corrected chi connectivity index (χ2v) is 6.21. The van der Waals surface area contributed by atoms with Crippen LogP contribution < -0.4 is 5.32 Å². The number of carboxylic acids is 1. The molecule has 3 rings (SSSR count). The molecule has 0 saturated carbocycles. The van der Waals surface area contributed by atoms with E-state index in [-0.39, 0.29) is 5.75 Å². The van der Waals surface area contributed by atoms with Crippen molar-refractivity contribution in [3.63, 3.8) is 0 Å². The highest BCUT2D eigenvalue weighted by atomic mass is 32.2. The maximum atomic E-state index is 11.5. The third kappa shape index (κ3) is 4.09. The lowest BCUT2D eigenvalue weighted by Gasteiger charge is -2.09. The van der Waals surface area contributed by atoms with Crippen LogP contribution in [-0.4, -0.2) is 39.9 Å². The summed E-state index contributed by atoms with van der Waals surface area (Å²) < 4.78 is 4.67. The Morgan fingerprint density at radius 1 is 1.12 bits per heavy atom. The molecule has 8 heteroatoms. The molecular weight excluding hydrogens is 354 g/mol. The van der Waals surface area contributed by atoms with Crippen LogP contribution in [0, 0.1) is 0 Å². The highest BCUT2D eigenvalue weighted by Crippen LogP contribution is 2.27. The molecule has 2 N–H and O–H groups in total. The Kier molecular flexibility index (Phi) is 5.33. The number of para-hydroxylation sites is 1. The number of hydrogen-bond acceptors (Lipinski definition) is 7. The van der Waals surface area contributed by atoms with Gasteiger partial charge >= 0.3 is 11.9 Å². The zero-order valence-electron chi connectivity index (χ0n) is 13.8. The average molecular weight is 369 g/mol. The van der Waals surface area contributed by atoms with E-state index in [1.807, 2.05) is 24.3 Å². The summed E-state index contributed by atoms with van der Waals surface area (Å²) in [7, 11) is 1.33. The molecule has 26 heavy (non-hydrogen) atoms. The number of carbonyl (C=O) groups excluding carboxylic acids is 1. The van der Waals surface area contributed by atoms with Crippen molar-refractivity contribution in [1.82, 2.24) is 9.97 Å². The highest BCUT2D eigenvalue weighted by Gasteiger charge is 2.11. The number of benzene rings is 2. The van der Waals surface area contributed by atoms with Crippen molar-refractivity contribution < 1.29 is 19.4 Å². The number of carbonyl (C=O) groups is 2. The monoisotopic (exact) mass is 369 g/mol. The van der Waals surface area contributed by atoms with E-state index >= 15 is 0 Å². The normalized spacial score (nSPS) is 10.5. The standard InChI is InChI=1S/C18H15N3O4S/c1-25-17(24)11-6-8-12(9-7-11)19-18-20-14-5-3-2-4-13(14)16(21-18)26-10-15(22)23/h2-9H,10H2,1H3,(H,22,23)(H,19,20,21). The van der Waals surface area contributed by atoms with Crippen molar-refractivity contribution in [3.05, 3.63) is 54.1 Å². The van der Waals surface area contributed by atoms with Crippen LogP contribution in [0.1, 0.15) is 10.4 Å². The molecule has 0 atom stereocenters. The summed E-state index contributed by atoms with van der Waals surface area (Å²) in [5, 5.41) is 13.4. The largest absolute Gasteiger partial charge is 0.481 e. The first-order valence-electron chi connectivity index (χ1n) is 7.63. The van der Waals surface area contributed by atoms with E-state index in [0.29, 0.717) is 27.7 Å². The van der Waals surface area contributed by atoms with Crippen molar-refractivity contribution in [2.45, 2.75) is 5.03 Å². The molecule has 0 aliphatic heterocycles. The summed E-state index contributed by atoms with van der Waals surface area (Å²) in [6.07, 6.45) is 0. The number of esters is 1. The SMILES string of the molecule is COC(=O)c1ccc(Nc2nc(SCC(=O)O)c3ccccc3n2)cc1. The summed E-state index contributed by atoms with van der Waals surface area (Å²) in [6.45, 7) is 0. The average Bonchev–Trinajstić information content (AvgIpc) is 2.66. The van der Waals surface area contributed by atoms with E-state index in [0.717, 1.165) is 17.1 Å². The van der Waals surface area contributed by atoms with E-state index in [2.05, 4.69) is 20.0 Å². The number of methoxy groups -OCH3 is 1. The molecule has 1 heterocycles. The Labute approximate surface area is 153 Å². The van der Waals surface area contributed by atoms with Gasteiger partial charge in [0.15, 0.2) is 0 Å². The van der Waals surface area contributed by atoms with E-state index in [9.17, 15) is 9.59 Å². The Morgan fingerprint density at radius 2 is 1.85 bits per heavy atom. The van der Waals surface area contributed by atoms with E-state index in [4.69, 9.17) is 5.11 Å². The van der Waals surface area contributed by atoms with E-state index < -0.39 is 11.9 Å². The molecule has 0 aliphatic carbocycles. The first-order valence-corrected chi connectivity index (χ1v) is 8.62. The summed E-state index contributed by atoms with van der Waals surface area (Å²) in [5.41, 5.74) is 1.85. The molecule has 3 aromatic rings. The van der Waals surface area contributed by atoms with Crippen LogP contribution in [-0.2, 0) is 9.53 Å². The molecule has 0 unspecified atom stereocenters. The van der Waals surface area contributed by atoms with Crippen molar-refractivity contribution in [1.29, 1.82) is 0 Å². The predicted octanol–water partition coefficient (Wildman–Crippen LogP) is 3.34. The van der Waals surface area contributed by atoms with Crippen molar-refractivity contribution in [3.8, 4) is 0 Å². The summed E-state index contributed by atoms with van der Waals surface area (Å²) in [6, 6.07) is 14.1. The molecule has 132 valence electrons. The summed E-state index contributed by atoms with van der Waals surface area (Å²) in [5.74, 6) is -1.06. The van der Waals surface area contributed by atoms with Gasteiger partial charge in [0.2, 0.25) is 5.95 Å². The van der Waals surface area contributed by atoms with Gasteiger partial charge in [0.1, 0.15) is 5.03 Å². The van der Waals surface area contributed by atoms with Crippen molar-refractivity contribution in [2.24, 2.45) is 0 Å². The topological polar surface area (TPSA) is 101 Å². The number of hydrogen-bond donors (Lipinski definition) is 2. The molecule has 0 spiro atoms. The second-order valence-electron chi connectivity index (χ2n) is 5.25. The van der Waals surface area contributed by atoms with Gasteiger partial charge in [-0.3, -0.25) is 4.79 Å². The molecule has 0 saturated heterocycles. The van der Waals surface area contributed by atoms with Crippen LogP contribution in [0.5, 0.6) is 0 Å². The Balaban J connectivity index is 1.89. The minimum Gasteiger partial charge on any atom is -0.481 e. The van der Waals surface area contributed by atoms with Gasteiger partial charge in [0.25, 0.3) is 0 Å². The number of ether oxygens (including phenoxy) is 1. The molecule has 1 aromatic heterocycles. The third-order valence-corrected chi connectivity index (χ3v) is 4.44. The van der Waals surface area contributed by atoms with Gasteiger partial charge in [-0.05, 0) is 30.3 Å². The lowest BCUT2D eigenvalue weighted by Crippen LogP contribution is -2.03. The Bertz CT molecular complexity index is 960. The lowest BCUT2D eigenvalue weighted by atomic mass is 10.2. The Morgan fingerprint density at radius 3 is 2.54 bits per heavy atom. The molecule has 0 bridgehead atoms. The highest BCUT2D eigenvalue weighted by molar-refractivity contribution is 8.00. The molecule has 0 radical (unpaired) electrons. The first kappa shape index (κ1) is 17.7. The van der Waals surface area contributed by atoms with Crippen LogP contribution in [0.3, 0.4) is 0 Å². The molecular formula is C18H15N3O4S. The van der Waals surface area contributed by atoms with Gasteiger partial charge in [-0.25, -0.2) is 14.8 Å². The quantitative estimate of drug-likeness (QED) is 0.388. The number of carboxylic acid groups (broad SMARTS) is 1. The molecule has 7 nitrogen and oxygen atoms in total. The van der Waals surface area contributed by atoms with Gasteiger partial charge in [0.05, 0.1) is 23.9 Å². The van der Waals surface area contributed by atoms with Crippen LogP contribution >= 0.6 is 11.8 Å². The smallest absolute Gasteiger partial charge is 0.337 e. The van der Waals surface area contributed by atoms with Gasteiger partial charge in [-0.2, -0.15) is 0 Å². The van der Waals surface area contributed by atoms with E-state index in [1.54, 1.807) is 24.3 Å². The van der Waals surface area contributed by atoms with Crippen LogP contribution in [0.2, 0.25) is 0 Å². The van der Waals surface area contributed by atoms with Gasteiger partial charge in [-0.15, -0.1) is 0 Å². The molecule has 0 fully saturated rings. The van der Waals surface area contributed by atoms with Gasteiger partial charge < -0.3 is 15.2 Å².